The second-order valence-electron chi connectivity index (χ2n) is 4.33. The number of hydrogen-bond donors (Lipinski definition) is 0. The van der Waals surface area contributed by atoms with Crippen molar-refractivity contribution in [2.45, 2.75) is 13.1 Å². The summed E-state index contributed by atoms with van der Waals surface area (Å²) in [6, 6.07) is 19.7. The molecule has 0 saturated carbocycles. The van der Waals surface area contributed by atoms with E-state index in [4.69, 9.17) is 0 Å². The smallest absolute Gasteiger partial charge is 0.0501 e. The van der Waals surface area contributed by atoms with E-state index in [1.165, 1.54) is 7.05 Å². The molecule has 0 aliphatic heterocycles. The lowest BCUT2D eigenvalue weighted by Gasteiger charge is -2.29. The van der Waals surface area contributed by atoms with Gasteiger partial charge in [0, 0.05) is 20.1 Å². The van der Waals surface area contributed by atoms with E-state index in [9.17, 15) is 5.11 Å². The summed E-state index contributed by atoms with van der Waals surface area (Å²) in [7, 11) is 1.53. The first-order chi connectivity index (χ1) is 9.29. The summed E-state index contributed by atoms with van der Waals surface area (Å²) in [5.74, 6) is 0. The molecule has 0 spiro atoms. The fourth-order valence-corrected chi connectivity index (χ4v) is 1.94. The molecule has 0 fully saturated rings. The van der Waals surface area contributed by atoms with Crippen molar-refractivity contribution in [2.75, 3.05) is 7.05 Å². The third kappa shape index (κ3) is 3.85. The molecule has 2 rings (SSSR count). The van der Waals surface area contributed by atoms with Crippen LogP contribution in [-0.2, 0) is 13.1 Å². The molecule has 0 heterocycles. The molecule has 2 aromatic carbocycles. The number of rotatable bonds is 4. The molecule has 19 heavy (non-hydrogen) atoms. The van der Waals surface area contributed by atoms with Crippen LogP contribution in [0.4, 0.5) is 0 Å². The van der Waals surface area contributed by atoms with Gasteiger partial charge in [-0.2, -0.15) is 0 Å². The van der Waals surface area contributed by atoms with Crippen LogP contribution in [-0.4, -0.2) is 18.0 Å². The minimum Gasteiger partial charge on any atom is -0.846 e. The van der Waals surface area contributed by atoms with E-state index in [1.54, 1.807) is 4.90 Å². The summed E-state index contributed by atoms with van der Waals surface area (Å²) in [5.41, 5.74) is 2.21. The molecule has 0 N–H and O–H groups in total. The Morgan fingerprint density at radius 1 is 0.895 bits per heavy atom. The van der Waals surface area contributed by atoms with E-state index in [2.05, 4.69) is 4.99 Å². The Kier molecular flexibility index (Phi) is 4.56. The predicted octanol–water partition coefficient (Wildman–Crippen LogP) is 2.03. The third-order valence-corrected chi connectivity index (χ3v) is 2.89. The van der Waals surface area contributed by atoms with Crippen molar-refractivity contribution in [3.05, 3.63) is 71.8 Å². The zero-order valence-corrected chi connectivity index (χ0v) is 11.0. The molecule has 0 atom stereocenters. The molecule has 0 aliphatic carbocycles. The summed E-state index contributed by atoms with van der Waals surface area (Å²) >= 11 is 0. The zero-order chi connectivity index (χ0) is 13.5. The molecule has 0 aromatic heterocycles. The van der Waals surface area contributed by atoms with Gasteiger partial charge in [0.2, 0.25) is 0 Å². The molecule has 0 bridgehead atoms. The second kappa shape index (κ2) is 6.59. The van der Waals surface area contributed by atoms with Crippen molar-refractivity contribution >= 4 is 6.02 Å². The van der Waals surface area contributed by atoms with Gasteiger partial charge in [0.05, 0.1) is 6.02 Å². The van der Waals surface area contributed by atoms with Crippen molar-refractivity contribution < 1.29 is 5.11 Å². The van der Waals surface area contributed by atoms with Crippen molar-refractivity contribution in [3.63, 3.8) is 0 Å². The maximum Gasteiger partial charge on any atom is 0.0501 e. The van der Waals surface area contributed by atoms with E-state index < -0.39 is 0 Å². The van der Waals surface area contributed by atoms with Gasteiger partial charge in [0.25, 0.3) is 0 Å². The molecular formula is C16H17N2O-. The molecule has 0 aliphatic rings. The van der Waals surface area contributed by atoms with E-state index >= 15 is 0 Å². The SMILES string of the molecule is CN=C([O-])N(Cc1ccccc1)Cc1ccccc1. The van der Waals surface area contributed by atoms with Gasteiger partial charge < -0.3 is 10.0 Å². The molecule has 0 saturated heterocycles. The third-order valence-electron chi connectivity index (χ3n) is 2.89. The number of nitrogens with zero attached hydrogens (tertiary/aromatic N) is 2. The van der Waals surface area contributed by atoms with Gasteiger partial charge in [-0.05, 0) is 11.1 Å². The highest BCUT2D eigenvalue weighted by atomic mass is 16.3. The number of benzene rings is 2. The van der Waals surface area contributed by atoms with E-state index in [0.29, 0.717) is 13.1 Å². The summed E-state index contributed by atoms with van der Waals surface area (Å²) in [6.07, 6.45) is 0. The minimum absolute atomic E-state index is 0.187. The van der Waals surface area contributed by atoms with Gasteiger partial charge >= 0.3 is 0 Å². The van der Waals surface area contributed by atoms with Crippen molar-refractivity contribution in [3.8, 4) is 0 Å². The standard InChI is InChI=1S/C16H18N2O/c1-17-16(19)18(12-14-8-4-2-5-9-14)13-15-10-6-3-7-11-15/h2-11H,12-13H2,1H3,(H,17,19)/p-1. The molecule has 0 unspecified atom stereocenters. The summed E-state index contributed by atoms with van der Waals surface area (Å²) in [4.78, 5) is 5.51. The predicted molar refractivity (Wildman–Crippen MR) is 75.5 cm³/mol. The first kappa shape index (κ1) is 13.1. The van der Waals surface area contributed by atoms with Crippen LogP contribution >= 0.6 is 0 Å². The monoisotopic (exact) mass is 253 g/mol. The molecule has 3 heteroatoms. The van der Waals surface area contributed by atoms with Crippen LogP contribution in [0.1, 0.15) is 11.1 Å². The Balaban J connectivity index is 2.13. The fraction of sp³-hybridized carbons (Fsp3) is 0.188. The summed E-state index contributed by atoms with van der Waals surface area (Å²) in [6.45, 7) is 1.15. The Morgan fingerprint density at radius 2 is 1.32 bits per heavy atom. The van der Waals surface area contributed by atoms with Crippen LogP contribution in [0.15, 0.2) is 65.7 Å². The van der Waals surface area contributed by atoms with Gasteiger partial charge in [-0.3, -0.25) is 4.99 Å². The van der Waals surface area contributed by atoms with Gasteiger partial charge in [-0.1, -0.05) is 60.7 Å². The maximum absolute atomic E-state index is 11.9. The molecular weight excluding hydrogens is 236 g/mol. The lowest BCUT2D eigenvalue weighted by molar-refractivity contribution is -0.236. The van der Waals surface area contributed by atoms with Crippen LogP contribution in [0.3, 0.4) is 0 Å². The Hall–Kier alpha value is -2.29. The lowest BCUT2D eigenvalue weighted by atomic mass is 10.2. The lowest BCUT2D eigenvalue weighted by Crippen LogP contribution is -2.39. The number of amidine groups is 1. The van der Waals surface area contributed by atoms with Crippen molar-refractivity contribution in [1.29, 1.82) is 0 Å². The summed E-state index contributed by atoms with van der Waals surface area (Å²) < 4.78 is 0. The van der Waals surface area contributed by atoms with Gasteiger partial charge in [-0.15, -0.1) is 0 Å². The quantitative estimate of drug-likeness (QED) is 0.618. The average Bonchev–Trinajstić information content (AvgIpc) is 2.48. The normalized spacial score (nSPS) is 11.3. The van der Waals surface area contributed by atoms with Gasteiger partial charge in [0.1, 0.15) is 0 Å². The van der Waals surface area contributed by atoms with E-state index in [0.717, 1.165) is 11.1 Å². The first-order valence-electron chi connectivity index (χ1n) is 6.26. The Labute approximate surface area is 113 Å². The summed E-state index contributed by atoms with van der Waals surface area (Å²) in [5, 5.41) is 11.9. The maximum atomic E-state index is 11.9. The average molecular weight is 253 g/mol. The number of aliphatic imine (C=N–C) groups is 1. The molecule has 2 aromatic rings. The van der Waals surface area contributed by atoms with E-state index in [1.807, 2.05) is 60.7 Å². The van der Waals surface area contributed by atoms with Crippen LogP contribution in [0.25, 0.3) is 0 Å². The Bertz CT molecular complexity index is 481. The first-order valence-corrected chi connectivity index (χ1v) is 6.26. The zero-order valence-electron chi connectivity index (χ0n) is 11.0. The van der Waals surface area contributed by atoms with Crippen molar-refractivity contribution in [1.82, 2.24) is 4.90 Å². The highest BCUT2D eigenvalue weighted by Gasteiger charge is 2.05. The van der Waals surface area contributed by atoms with Crippen LogP contribution in [0, 0.1) is 0 Å². The van der Waals surface area contributed by atoms with Crippen molar-refractivity contribution in [2.24, 2.45) is 4.99 Å². The van der Waals surface area contributed by atoms with Crippen LogP contribution in [0.2, 0.25) is 0 Å². The van der Waals surface area contributed by atoms with Crippen LogP contribution < -0.4 is 5.11 Å². The molecule has 3 nitrogen and oxygen atoms in total. The Morgan fingerprint density at radius 3 is 1.68 bits per heavy atom. The highest BCUT2D eigenvalue weighted by Crippen LogP contribution is 2.09. The van der Waals surface area contributed by atoms with E-state index in [-0.39, 0.29) is 6.02 Å². The molecule has 98 valence electrons. The second-order valence-corrected chi connectivity index (χ2v) is 4.33. The molecule has 0 amide bonds. The topological polar surface area (TPSA) is 38.7 Å². The van der Waals surface area contributed by atoms with Gasteiger partial charge in [0.15, 0.2) is 0 Å². The minimum atomic E-state index is -0.187. The number of hydrogen-bond acceptors (Lipinski definition) is 2. The largest absolute Gasteiger partial charge is 0.846 e. The molecule has 0 radical (unpaired) electrons. The van der Waals surface area contributed by atoms with Crippen LogP contribution in [0.5, 0.6) is 0 Å². The highest BCUT2D eigenvalue weighted by molar-refractivity contribution is 5.69. The van der Waals surface area contributed by atoms with Gasteiger partial charge in [-0.25, -0.2) is 0 Å². The fourth-order valence-electron chi connectivity index (χ4n) is 1.94.